The number of nitrogen functional groups attached to an aromatic ring is 1. The number of methoxy groups -OCH3 is 1. The third kappa shape index (κ3) is 4.98. The smallest absolute Gasteiger partial charge is 0.255 e. The first-order valence-corrected chi connectivity index (χ1v) is 12.0. The quantitative estimate of drug-likeness (QED) is 0.390. The maximum Gasteiger partial charge on any atom is 0.255 e. The molecule has 2 aromatic carbocycles. The summed E-state index contributed by atoms with van der Waals surface area (Å²) >= 11 is 1.24. The summed E-state index contributed by atoms with van der Waals surface area (Å²) in [5.41, 5.74) is 8.30. The molecule has 0 fully saturated rings. The van der Waals surface area contributed by atoms with Crippen molar-refractivity contribution >= 4 is 34.1 Å². The predicted octanol–water partition coefficient (Wildman–Crippen LogP) is 4.00. The monoisotopic (exact) mass is 513 g/mol. The lowest BCUT2D eigenvalue weighted by atomic mass is 10.0. The molecule has 0 saturated heterocycles. The van der Waals surface area contributed by atoms with Gasteiger partial charge in [-0.05, 0) is 48.0 Å². The molecular formula is C27H20FN5O3S. The third-order valence-corrected chi connectivity index (χ3v) is 6.48. The number of pyridine rings is 1. The van der Waals surface area contributed by atoms with E-state index in [0.29, 0.717) is 27.6 Å². The summed E-state index contributed by atoms with van der Waals surface area (Å²) < 4.78 is 19.7. The lowest BCUT2D eigenvalue weighted by molar-refractivity contribution is -0.120. The van der Waals surface area contributed by atoms with Crippen LogP contribution in [0.5, 0.6) is 5.75 Å². The standard InChI is InChI=1S/C27H20FN5O3S/c1-36-22-8-7-19(28)13-21(22)24(25(34)32-27-30-10-11-37-27)33-15-18-6-4-16(12-20(18)26(33)35)2-3-17-5-9-23(29)31-14-17/h4-14,24H,15H2,1H3,(H2,29,31)(H,30,32,34). The average molecular weight is 514 g/mol. The molecule has 0 saturated carbocycles. The molecule has 1 aliphatic heterocycles. The van der Waals surface area contributed by atoms with Crippen LogP contribution in [-0.2, 0) is 11.3 Å². The first-order valence-electron chi connectivity index (χ1n) is 11.1. The summed E-state index contributed by atoms with van der Waals surface area (Å²) in [7, 11) is 1.43. The average Bonchev–Trinajstić information content (AvgIpc) is 3.52. The van der Waals surface area contributed by atoms with Crippen molar-refractivity contribution in [1.29, 1.82) is 0 Å². The van der Waals surface area contributed by atoms with Crippen LogP contribution in [0.3, 0.4) is 0 Å². The lowest BCUT2D eigenvalue weighted by Crippen LogP contribution is -2.37. The Morgan fingerprint density at radius 2 is 1.97 bits per heavy atom. The molecule has 0 radical (unpaired) electrons. The van der Waals surface area contributed by atoms with E-state index in [1.54, 1.807) is 48.1 Å². The van der Waals surface area contributed by atoms with Gasteiger partial charge in [-0.15, -0.1) is 11.3 Å². The molecule has 10 heteroatoms. The number of benzene rings is 2. The van der Waals surface area contributed by atoms with E-state index < -0.39 is 17.8 Å². The molecule has 0 spiro atoms. The van der Waals surface area contributed by atoms with Crippen molar-refractivity contribution in [3.8, 4) is 17.6 Å². The Labute approximate surface area is 215 Å². The fourth-order valence-corrected chi connectivity index (χ4v) is 4.59. The van der Waals surface area contributed by atoms with E-state index >= 15 is 0 Å². The summed E-state index contributed by atoms with van der Waals surface area (Å²) in [6.07, 6.45) is 3.12. The fraction of sp³-hybridized carbons (Fsp3) is 0.111. The molecule has 1 atom stereocenters. The second-order valence-corrected chi connectivity index (χ2v) is 9.04. The topological polar surface area (TPSA) is 110 Å². The first kappa shape index (κ1) is 24.0. The van der Waals surface area contributed by atoms with Gasteiger partial charge in [0.2, 0.25) is 0 Å². The van der Waals surface area contributed by atoms with E-state index in [-0.39, 0.29) is 23.8 Å². The highest BCUT2D eigenvalue weighted by Crippen LogP contribution is 2.37. The van der Waals surface area contributed by atoms with Gasteiger partial charge in [0.15, 0.2) is 5.13 Å². The highest BCUT2D eigenvalue weighted by Gasteiger charge is 2.39. The molecule has 3 heterocycles. The molecule has 37 heavy (non-hydrogen) atoms. The van der Waals surface area contributed by atoms with Gasteiger partial charge in [0, 0.05) is 46.6 Å². The SMILES string of the molecule is COc1ccc(F)cc1C(C(=O)Nc1nccs1)N1Cc2ccc(C#Cc3ccc(N)nc3)cc2C1=O. The number of rotatable bonds is 5. The van der Waals surface area contributed by atoms with E-state index in [2.05, 4.69) is 27.1 Å². The molecule has 5 rings (SSSR count). The Morgan fingerprint density at radius 3 is 2.70 bits per heavy atom. The Morgan fingerprint density at radius 1 is 1.16 bits per heavy atom. The minimum atomic E-state index is -1.16. The number of amides is 2. The molecule has 2 aromatic heterocycles. The van der Waals surface area contributed by atoms with Crippen LogP contribution < -0.4 is 15.8 Å². The van der Waals surface area contributed by atoms with Crippen LogP contribution >= 0.6 is 11.3 Å². The maximum atomic E-state index is 14.3. The van der Waals surface area contributed by atoms with Gasteiger partial charge in [0.25, 0.3) is 11.8 Å². The van der Waals surface area contributed by atoms with E-state index in [1.165, 1.54) is 41.5 Å². The minimum Gasteiger partial charge on any atom is -0.496 e. The molecular weight excluding hydrogens is 493 g/mol. The van der Waals surface area contributed by atoms with Crippen LogP contribution in [0.15, 0.2) is 66.3 Å². The van der Waals surface area contributed by atoms with Crippen molar-refractivity contribution in [3.63, 3.8) is 0 Å². The number of hydrogen-bond acceptors (Lipinski definition) is 7. The van der Waals surface area contributed by atoms with Gasteiger partial charge in [-0.1, -0.05) is 17.9 Å². The van der Waals surface area contributed by atoms with Gasteiger partial charge in [-0.3, -0.25) is 14.9 Å². The Bertz CT molecular complexity index is 1540. The summed E-state index contributed by atoms with van der Waals surface area (Å²) in [6, 6.07) is 11.4. The highest BCUT2D eigenvalue weighted by molar-refractivity contribution is 7.13. The predicted molar refractivity (Wildman–Crippen MR) is 137 cm³/mol. The molecule has 0 aliphatic carbocycles. The molecule has 3 N–H and O–H groups in total. The molecule has 184 valence electrons. The van der Waals surface area contributed by atoms with Gasteiger partial charge >= 0.3 is 0 Å². The zero-order chi connectivity index (χ0) is 25.9. The number of anilines is 2. The summed E-state index contributed by atoms with van der Waals surface area (Å²) in [5, 5.41) is 4.81. The number of carbonyl (C=O) groups excluding carboxylic acids is 2. The third-order valence-electron chi connectivity index (χ3n) is 5.79. The number of thiazole rings is 1. The molecule has 1 unspecified atom stereocenters. The van der Waals surface area contributed by atoms with E-state index in [9.17, 15) is 14.0 Å². The van der Waals surface area contributed by atoms with Crippen molar-refractivity contribution in [1.82, 2.24) is 14.9 Å². The van der Waals surface area contributed by atoms with Crippen LogP contribution in [0, 0.1) is 17.7 Å². The van der Waals surface area contributed by atoms with Crippen LogP contribution in [0.2, 0.25) is 0 Å². The second-order valence-electron chi connectivity index (χ2n) is 8.14. The van der Waals surface area contributed by atoms with Crippen molar-refractivity contribution in [2.24, 2.45) is 0 Å². The number of nitrogens with two attached hydrogens (primary N) is 1. The van der Waals surface area contributed by atoms with E-state index in [4.69, 9.17) is 10.5 Å². The zero-order valence-electron chi connectivity index (χ0n) is 19.6. The van der Waals surface area contributed by atoms with Crippen molar-refractivity contribution in [2.45, 2.75) is 12.6 Å². The summed E-state index contributed by atoms with van der Waals surface area (Å²) in [5.74, 6) is 5.25. The summed E-state index contributed by atoms with van der Waals surface area (Å²) in [4.78, 5) is 36.6. The van der Waals surface area contributed by atoms with Gasteiger partial charge in [0.1, 0.15) is 23.4 Å². The number of fused-ring (bicyclic) bond motifs is 1. The van der Waals surface area contributed by atoms with E-state index in [1.807, 2.05) is 0 Å². The lowest BCUT2D eigenvalue weighted by Gasteiger charge is -2.28. The molecule has 2 amide bonds. The Hall–Kier alpha value is -4.75. The molecule has 8 nitrogen and oxygen atoms in total. The maximum absolute atomic E-state index is 14.3. The van der Waals surface area contributed by atoms with E-state index in [0.717, 1.165) is 5.56 Å². The number of nitrogens with zero attached hydrogens (tertiary/aromatic N) is 3. The number of nitrogens with one attached hydrogen (secondary N) is 1. The van der Waals surface area contributed by atoms with Gasteiger partial charge in [-0.25, -0.2) is 14.4 Å². The van der Waals surface area contributed by atoms with Crippen molar-refractivity contribution < 1.29 is 18.7 Å². The van der Waals surface area contributed by atoms with Crippen LogP contribution in [0.25, 0.3) is 0 Å². The van der Waals surface area contributed by atoms with Crippen molar-refractivity contribution in [3.05, 3.63) is 99.9 Å². The van der Waals surface area contributed by atoms with Crippen molar-refractivity contribution in [2.75, 3.05) is 18.2 Å². The fourth-order valence-electron chi connectivity index (χ4n) is 4.06. The molecule has 4 aromatic rings. The van der Waals surface area contributed by atoms with Gasteiger partial charge in [-0.2, -0.15) is 0 Å². The molecule has 0 bridgehead atoms. The van der Waals surface area contributed by atoms with Crippen LogP contribution in [-0.4, -0.2) is 33.8 Å². The highest BCUT2D eigenvalue weighted by atomic mass is 32.1. The first-order chi connectivity index (χ1) is 17.9. The number of ether oxygens (including phenoxy) is 1. The molecule has 1 aliphatic rings. The zero-order valence-corrected chi connectivity index (χ0v) is 20.4. The number of hydrogen-bond donors (Lipinski definition) is 2. The van der Waals surface area contributed by atoms with Crippen LogP contribution in [0.4, 0.5) is 15.3 Å². The minimum absolute atomic E-state index is 0.152. The van der Waals surface area contributed by atoms with Gasteiger partial charge in [0.05, 0.1) is 7.11 Å². The summed E-state index contributed by atoms with van der Waals surface area (Å²) in [6.45, 7) is 0.152. The largest absolute Gasteiger partial charge is 0.496 e. The Balaban J connectivity index is 1.49. The normalized spacial score (nSPS) is 12.9. The van der Waals surface area contributed by atoms with Gasteiger partial charge < -0.3 is 15.4 Å². The second kappa shape index (κ2) is 10.1. The van der Waals surface area contributed by atoms with Crippen LogP contribution in [0.1, 0.15) is 38.7 Å². The number of halogens is 1. The number of carbonyl (C=O) groups is 2. The Kier molecular flexibility index (Phi) is 6.53. The number of aromatic nitrogens is 2.